The van der Waals surface area contributed by atoms with Gasteiger partial charge in [0.05, 0.1) is 11.8 Å². The summed E-state index contributed by atoms with van der Waals surface area (Å²) < 4.78 is 7.68. The number of carbonyl (C=O) groups is 1. The zero-order chi connectivity index (χ0) is 18.5. The highest BCUT2D eigenvalue weighted by Gasteiger charge is 2.27. The molecule has 2 amide bonds. The number of nitrogens with one attached hydrogen (secondary N) is 1. The molecule has 1 fully saturated rings. The highest BCUT2D eigenvalue weighted by atomic mass is 16.5. The van der Waals surface area contributed by atoms with Crippen LogP contribution < -0.4 is 5.32 Å². The molecule has 0 radical (unpaired) electrons. The average Bonchev–Trinajstić information content (AvgIpc) is 3.28. The molecule has 26 heavy (non-hydrogen) atoms. The van der Waals surface area contributed by atoms with E-state index in [9.17, 15) is 4.79 Å². The van der Waals surface area contributed by atoms with Gasteiger partial charge in [0, 0.05) is 37.8 Å². The number of likely N-dealkylation sites (tertiary alicyclic amines) is 1. The molecule has 1 aromatic heterocycles. The van der Waals surface area contributed by atoms with E-state index < -0.39 is 0 Å². The van der Waals surface area contributed by atoms with Crippen molar-refractivity contribution in [1.82, 2.24) is 14.7 Å². The van der Waals surface area contributed by atoms with Gasteiger partial charge in [-0.15, -0.1) is 0 Å². The van der Waals surface area contributed by atoms with Gasteiger partial charge in [-0.25, -0.2) is 9.48 Å². The van der Waals surface area contributed by atoms with Crippen LogP contribution in [0.25, 0.3) is 5.69 Å². The van der Waals surface area contributed by atoms with Crippen molar-refractivity contribution in [3.05, 3.63) is 42.2 Å². The normalized spacial score (nSPS) is 17.1. The Morgan fingerprint density at radius 2 is 2.27 bits per heavy atom. The van der Waals surface area contributed by atoms with E-state index in [2.05, 4.69) is 24.3 Å². The van der Waals surface area contributed by atoms with E-state index in [1.807, 2.05) is 42.3 Å². The van der Waals surface area contributed by atoms with Crippen LogP contribution in [0.2, 0.25) is 0 Å². The highest BCUT2D eigenvalue weighted by Crippen LogP contribution is 2.21. The molecular formula is C20H28N4O2. The summed E-state index contributed by atoms with van der Waals surface area (Å²) in [6, 6.07) is 7.75. The third-order valence-electron chi connectivity index (χ3n) is 4.71. The first-order valence-corrected chi connectivity index (χ1v) is 9.31. The van der Waals surface area contributed by atoms with Gasteiger partial charge in [0.1, 0.15) is 0 Å². The van der Waals surface area contributed by atoms with Crippen molar-refractivity contribution in [3.63, 3.8) is 0 Å². The summed E-state index contributed by atoms with van der Waals surface area (Å²) in [5.41, 5.74) is 2.76. The van der Waals surface area contributed by atoms with Crippen LogP contribution in [0.5, 0.6) is 0 Å². The maximum atomic E-state index is 12.6. The number of rotatable bonds is 6. The Bertz CT molecular complexity index is 727. The molecule has 0 aliphatic carbocycles. The topological polar surface area (TPSA) is 59.4 Å². The van der Waals surface area contributed by atoms with Crippen molar-refractivity contribution in [2.24, 2.45) is 5.92 Å². The van der Waals surface area contributed by atoms with Crippen LogP contribution in [0, 0.1) is 12.8 Å². The Morgan fingerprint density at radius 1 is 1.42 bits per heavy atom. The molecule has 2 heterocycles. The largest absolute Gasteiger partial charge is 0.376 e. The number of amides is 2. The van der Waals surface area contributed by atoms with Crippen LogP contribution in [0.15, 0.2) is 36.7 Å². The zero-order valence-electron chi connectivity index (χ0n) is 15.8. The van der Waals surface area contributed by atoms with Crippen LogP contribution in [0.1, 0.15) is 32.3 Å². The first-order valence-electron chi connectivity index (χ1n) is 9.31. The average molecular weight is 356 g/mol. The number of urea groups is 1. The third-order valence-corrected chi connectivity index (χ3v) is 4.71. The molecule has 0 unspecified atom stereocenters. The molecule has 1 aliphatic rings. The molecule has 1 N–H and O–H groups in total. The Balaban J connectivity index is 1.57. The molecule has 3 rings (SSSR count). The molecule has 2 aromatic rings. The van der Waals surface area contributed by atoms with Crippen molar-refractivity contribution in [2.45, 2.75) is 39.7 Å². The fourth-order valence-electron chi connectivity index (χ4n) is 3.02. The Labute approximate surface area is 155 Å². The SMILES string of the molecule is Cc1ccc(-n2cccn2)cc1NC(=O)N1CC[C@@H](OCCC(C)C)C1. The first kappa shape index (κ1) is 18.5. The van der Waals surface area contributed by atoms with E-state index in [-0.39, 0.29) is 12.1 Å². The number of carbonyl (C=O) groups excluding carboxylic acids is 1. The monoisotopic (exact) mass is 356 g/mol. The lowest BCUT2D eigenvalue weighted by molar-refractivity contribution is 0.0547. The summed E-state index contributed by atoms with van der Waals surface area (Å²) in [4.78, 5) is 14.5. The van der Waals surface area contributed by atoms with Gasteiger partial charge in [0.25, 0.3) is 0 Å². The van der Waals surface area contributed by atoms with E-state index >= 15 is 0 Å². The van der Waals surface area contributed by atoms with E-state index in [4.69, 9.17) is 4.74 Å². The van der Waals surface area contributed by atoms with E-state index in [1.54, 1.807) is 10.9 Å². The Hall–Kier alpha value is -2.34. The molecule has 1 aliphatic heterocycles. The summed E-state index contributed by atoms with van der Waals surface area (Å²) in [7, 11) is 0. The van der Waals surface area contributed by atoms with Gasteiger partial charge in [-0.05, 0) is 49.4 Å². The molecule has 6 nitrogen and oxygen atoms in total. The van der Waals surface area contributed by atoms with Crippen LogP contribution in [-0.2, 0) is 4.74 Å². The van der Waals surface area contributed by atoms with Gasteiger partial charge in [0.2, 0.25) is 0 Å². The number of aromatic nitrogens is 2. The minimum atomic E-state index is -0.0688. The second-order valence-corrected chi connectivity index (χ2v) is 7.29. The van der Waals surface area contributed by atoms with Crippen LogP contribution in [0.3, 0.4) is 0 Å². The number of ether oxygens (including phenoxy) is 1. The van der Waals surface area contributed by atoms with Crippen molar-refractivity contribution < 1.29 is 9.53 Å². The quantitative estimate of drug-likeness (QED) is 0.855. The second-order valence-electron chi connectivity index (χ2n) is 7.29. The van der Waals surface area contributed by atoms with E-state index in [1.165, 1.54) is 0 Å². The van der Waals surface area contributed by atoms with Crippen molar-refractivity contribution in [1.29, 1.82) is 0 Å². The van der Waals surface area contributed by atoms with Crippen molar-refractivity contribution in [2.75, 3.05) is 25.0 Å². The molecule has 0 spiro atoms. The molecule has 1 atom stereocenters. The fraction of sp³-hybridized carbons (Fsp3) is 0.500. The lowest BCUT2D eigenvalue weighted by atomic mass is 10.1. The van der Waals surface area contributed by atoms with Gasteiger partial charge >= 0.3 is 6.03 Å². The van der Waals surface area contributed by atoms with Crippen LogP contribution in [-0.4, -0.2) is 46.5 Å². The molecule has 1 saturated heterocycles. The maximum absolute atomic E-state index is 12.6. The van der Waals surface area contributed by atoms with Gasteiger partial charge in [-0.1, -0.05) is 19.9 Å². The van der Waals surface area contributed by atoms with Crippen molar-refractivity contribution >= 4 is 11.7 Å². The minimum Gasteiger partial charge on any atom is -0.376 e. The number of nitrogens with zero attached hydrogens (tertiary/aromatic N) is 3. The van der Waals surface area contributed by atoms with Crippen LogP contribution >= 0.6 is 0 Å². The molecule has 6 heteroatoms. The number of benzene rings is 1. The van der Waals surface area contributed by atoms with Crippen molar-refractivity contribution in [3.8, 4) is 5.69 Å². The van der Waals surface area contributed by atoms with Crippen LogP contribution in [0.4, 0.5) is 10.5 Å². The summed E-state index contributed by atoms with van der Waals surface area (Å²) >= 11 is 0. The number of anilines is 1. The first-order chi connectivity index (χ1) is 12.5. The van der Waals surface area contributed by atoms with Gasteiger partial charge in [-0.2, -0.15) is 5.10 Å². The molecular weight excluding hydrogens is 328 g/mol. The number of hydrogen-bond acceptors (Lipinski definition) is 3. The standard InChI is InChI=1S/C20H28N4O2/c1-15(2)8-12-26-18-7-11-23(14-18)20(25)22-19-13-17(6-5-16(19)3)24-10-4-9-21-24/h4-6,9-10,13,15,18H,7-8,11-12,14H2,1-3H3,(H,22,25)/t18-/m1/s1. The minimum absolute atomic E-state index is 0.0688. The van der Waals surface area contributed by atoms with Gasteiger partial charge in [-0.3, -0.25) is 0 Å². The third kappa shape index (κ3) is 4.64. The summed E-state index contributed by atoms with van der Waals surface area (Å²) in [5.74, 6) is 0.640. The fourth-order valence-corrected chi connectivity index (χ4v) is 3.02. The molecule has 0 saturated carbocycles. The number of hydrogen-bond donors (Lipinski definition) is 1. The predicted molar refractivity (Wildman–Crippen MR) is 103 cm³/mol. The Kier molecular flexibility index (Phi) is 5.93. The molecule has 1 aromatic carbocycles. The van der Waals surface area contributed by atoms with Gasteiger partial charge in [0.15, 0.2) is 0 Å². The summed E-state index contributed by atoms with van der Waals surface area (Å²) in [6.07, 6.45) is 5.73. The molecule has 0 bridgehead atoms. The maximum Gasteiger partial charge on any atom is 0.321 e. The lowest BCUT2D eigenvalue weighted by Gasteiger charge is -2.19. The Morgan fingerprint density at radius 3 is 3.00 bits per heavy atom. The lowest BCUT2D eigenvalue weighted by Crippen LogP contribution is -2.34. The van der Waals surface area contributed by atoms with E-state index in [0.717, 1.165) is 42.9 Å². The second kappa shape index (κ2) is 8.36. The highest BCUT2D eigenvalue weighted by molar-refractivity contribution is 5.90. The summed E-state index contributed by atoms with van der Waals surface area (Å²) in [5, 5.41) is 7.28. The van der Waals surface area contributed by atoms with E-state index in [0.29, 0.717) is 12.5 Å². The number of aryl methyl sites for hydroxylation is 1. The predicted octanol–water partition coefficient (Wildman–Crippen LogP) is 3.85. The smallest absolute Gasteiger partial charge is 0.321 e. The zero-order valence-corrected chi connectivity index (χ0v) is 15.8. The van der Waals surface area contributed by atoms with Gasteiger partial charge < -0.3 is 15.0 Å². The molecule has 140 valence electrons. The summed E-state index contributed by atoms with van der Waals surface area (Å²) in [6.45, 7) is 8.53.